The molecular formula is C36H33B10NO2S. The summed E-state index contributed by atoms with van der Waals surface area (Å²) in [6.45, 7) is 0. The normalized spacial score (nSPS) is 11.4. The van der Waals surface area contributed by atoms with Gasteiger partial charge in [-0.2, -0.15) is 0 Å². The van der Waals surface area contributed by atoms with Gasteiger partial charge in [0.2, 0.25) is 0 Å². The quantitative estimate of drug-likeness (QED) is 0.106. The molecule has 7 aromatic rings. The minimum absolute atomic E-state index is 0.112. The van der Waals surface area contributed by atoms with Crippen LogP contribution in [0, 0.1) is 10.1 Å². The summed E-state index contributed by atoms with van der Waals surface area (Å²) < 4.78 is 2.30. The highest BCUT2D eigenvalue weighted by Gasteiger charge is 2.22. The van der Waals surface area contributed by atoms with Gasteiger partial charge in [-0.25, -0.2) is 0 Å². The third-order valence-electron chi connectivity index (χ3n) is 11.7. The van der Waals surface area contributed by atoms with Crippen LogP contribution in [0.15, 0.2) is 78.9 Å². The molecule has 0 saturated carbocycles. The predicted molar refractivity (Wildman–Crippen MR) is 250 cm³/mol. The summed E-state index contributed by atoms with van der Waals surface area (Å²) in [4.78, 5) is 12.4. The number of hydrogen-bond donors (Lipinski definition) is 0. The van der Waals surface area contributed by atoms with E-state index in [9.17, 15) is 10.1 Å². The zero-order valence-corrected chi connectivity index (χ0v) is 31.5. The van der Waals surface area contributed by atoms with E-state index in [1.54, 1.807) is 17.4 Å². The lowest BCUT2D eigenvalue weighted by atomic mass is 9.59. The Bertz CT molecular complexity index is 2460. The van der Waals surface area contributed by atoms with E-state index >= 15 is 0 Å². The van der Waals surface area contributed by atoms with Crippen LogP contribution in [-0.2, 0) is 0 Å². The lowest BCUT2D eigenvalue weighted by Crippen LogP contribution is -2.55. The van der Waals surface area contributed by atoms with Crippen LogP contribution in [0.3, 0.4) is 0 Å². The Morgan fingerprint density at radius 2 is 0.940 bits per heavy atom. The summed E-state index contributed by atoms with van der Waals surface area (Å²) in [5, 5.41) is 14.8. The van der Waals surface area contributed by atoms with E-state index in [0.717, 1.165) is 32.2 Å². The maximum absolute atomic E-state index is 12.6. The predicted octanol–water partition coefficient (Wildman–Crippen LogP) is -6.79. The molecule has 0 fully saturated rings. The number of nitrogens with zero attached hydrogens (tertiary/aromatic N) is 1. The summed E-state index contributed by atoms with van der Waals surface area (Å²) in [5.41, 5.74) is 21.6. The molecule has 3 nitrogen and oxygen atoms in total. The smallest absolute Gasteiger partial charge is 0.258 e. The number of thiophene rings is 1. The standard InChI is InChI=1S/C36H33B10NO2S/c37-27-24(28(38)32(42)35(45)31(27)41)16-10-15(11-17(12-16)25-29(39)33(43)36(46)34(44)30(25)40)14-8-9-21(47(48)49)20(13-14)18-5-3-7-23-26(18)19-4-1-2-6-22(19)50-23/h1-13H,37-46H2. The summed E-state index contributed by atoms with van der Waals surface area (Å²) in [6.07, 6.45) is 0. The third kappa shape index (κ3) is 5.35. The van der Waals surface area contributed by atoms with Gasteiger partial charge in [0.05, 0.1) is 10.5 Å². The van der Waals surface area contributed by atoms with Gasteiger partial charge in [0.25, 0.3) is 5.69 Å². The molecule has 6 aromatic carbocycles. The van der Waals surface area contributed by atoms with E-state index in [1.807, 2.05) is 36.4 Å². The van der Waals surface area contributed by atoms with Crippen molar-refractivity contribution in [3.05, 3.63) is 89.0 Å². The van der Waals surface area contributed by atoms with Crippen molar-refractivity contribution < 1.29 is 4.92 Å². The van der Waals surface area contributed by atoms with Crippen molar-refractivity contribution in [3.8, 4) is 44.5 Å². The maximum atomic E-state index is 12.6. The molecule has 0 radical (unpaired) electrons. The van der Waals surface area contributed by atoms with Crippen LogP contribution in [0.4, 0.5) is 5.69 Å². The van der Waals surface area contributed by atoms with Crippen LogP contribution >= 0.6 is 11.3 Å². The number of hydrogen-bond acceptors (Lipinski definition) is 3. The van der Waals surface area contributed by atoms with Gasteiger partial charge in [0.1, 0.15) is 78.5 Å². The van der Waals surface area contributed by atoms with Gasteiger partial charge in [-0.3, -0.25) is 10.1 Å². The van der Waals surface area contributed by atoms with E-state index < -0.39 is 0 Å². The first-order chi connectivity index (χ1) is 23.8. The molecule has 0 unspecified atom stereocenters. The Morgan fingerprint density at radius 3 is 1.48 bits per heavy atom. The molecule has 1 aromatic heterocycles. The van der Waals surface area contributed by atoms with Crippen LogP contribution in [-0.4, -0.2) is 83.4 Å². The van der Waals surface area contributed by atoms with E-state index in [4.69, 9.17) is 0 Å². The van der Waals surface area contributed by atoms with Gasteiger partial charge in [0, 0.05) is 26.2 Å². The summed E-state index contributed by atoms with van der Waals surface area (Å²) in [6, 6.07) is 27.1. The molecule has 14 heteroatoms. The molecular weight excluding hydrogens is 619 g/mol. The molecule has 230 valence electrons. The average molecular weight is 652 g/mol. The highest BCUT2D eigenvalue weighted by Crippen LogP contribution is 2.44. The lowest BCUT2D eigenvalue weighted by molar-refractivity contribution is -0.384. The Balaban J connectivity index is 1.56. The van der Waals surface area contributed by atoms with E-state index in [-0.39, 0.29) is 10.6 Å². The van der Waals surface area contributed by atoms with Crippen LogP contribution in [0.5, 0.6) is 0 Å². The van der Waals surface area contributed by atoms with Crippen molar-refractivity contribution in [1.29, 1.82) is 0 Å². The zero-order valence-electron chi connectivity index (χ0n) is 30.7. The SMILES string of the molecule is Bc1c(B)c(B)c(-c2cc(-c3ccc([N+](=O)[O-])c(-c4cccc5sc6ccccc6c45)c3)cc(-c3c(B)c(B)c(B)c(B)c3B)c2)c(B)c1B. The highest BCUT2D eigenvalue weighted by molar-refractivity contribution is 7.26. The van der Waals surface area contributed by atoms with Crippen molar-refractivity contribution >= 4 is 170 Å². The van der Waals surface area contributed by atoms with Gasteiger partial charge in [-0.05, 0) is 81.4 Å². The minimum Gasteiger partial charge on any atom is -0.258 e. The molecule has 0 aliphatic heterocycles. The fraction of sp³-hybridized carbons (Fsp3) is 0. The average Bonchev–Trinajstić information content (AvgIpc) is 3.50. The largest absolute Gasteiger partial charge is 0.277 e. The third-order valence-corrected chi connectivity index (χ3v) is 12.9. The van der Waals surface area contributed by atoms with E-state index in [0.29, 0.717) is 5.56 Å². The molecule has 50 heavy (non-hydrogen) atoms. The zero-order chi connectivity index (χ0) is 35.8. The van der Waals surface area contributed by atoms with Crippen LogP contribution in [0.25, 0.3) is 64.7 Å². The number of nitro benzene ring substituents is 1. The van der Waals surface area contributed by atoms with Crippen LogP contribution in [0.1, 0.15) is 0 Å². The van der Waals surface area contributed by atoms with Gasteiger partial charge in [0.15, 0.2) is 0 Å². The fourth-order valence-corrected chi connectivity index (χ4v) is 9.17. The van der Waals surface area contributed by atoms with E-state index in [2.05, 4.69) is 115 Å². The first-order valence-corrected chi connectivity index (χ1v) is 18.1. The molecule has 0 amide bonds. The molecule has 7 rings (SSSR count). The molecule has 0 atom stereocenters. The Kier molecular flexibility index (Phi) is 8.67. The minimum atomic E-state index is -0.247. The fourth-order valence-electron chi connectivity index (χ4n) is 8.04. The topological polar surface area (TPSA) is 43.1 Å². The van der Waals surface area contributed by atoms with Crippen molar-refractivity contribution in [2.24, 2.45) is 0 Å². The summed E-state index contributed by atoms with van der Waals surface area (Å²) in [7, 11) is 22.3. The van der Waals surface area contributed by atoms with Crippen molar-refractivity contribution in [3.63, 3.8) is 0 Å². The Morgan fingerprint density at radius 1 is 0.460 bits per heavy atom. The van der Waals surface area contributed by atoms with Gasteiger partial charge < -0.3 is 0 Å². The molecule has 0 aliphatic carbocycles. The molecule has 0 aliphatic rings. The number of nitro groups is 1. The highest BCUT2D eigenvalue weighted by atomic mass is 32.1. The lowest BCUT2D eigenvalue weighted by Gasteiger charge is -2.24. The van der Waals surface area contributed by atoms with Crippen LogP contribution in [0.2, 0.25) is 0 Å². The number of fused-ring (bicyclic) bond motifs is 3. The molecule has 0 saturated heterocycles. The second-order valence-electron chi connectivity index (χ2n) is 14.1. The molecule has 0 spiro atoms. The van der Waals surface area contributed by atoms with E-state index in [1.165, 1.54) is 81.6 Å². The van der Waals surface area contributed by atoms with Crippen LogP contribution < -0.4 is 54.6 Å². The Labute approximate surface area is 307 Å². The van der Waals surface area contributed by atoms with Crippen molar-refractivity contribution in [2.75, 3.05) is 0 Å². The Hall–Kier alpha value is -4.41. The monoisotopic (exact) mass is 653 g/mol. The second-order valence-corrected chi connectivity index (χ2v) is 15.1. The number of rotatable bonds is 5. The molecule has 0 bridgehead atoms. The van der Waals surface area contributed by atoms with Gasteiger partial charge in [-0.15, -0.1) is 44.1 Å². The first kappa shape index (κ1) is 34.1. The van der Waals surface area contributed by atoms with Crippen molar-refractivity contribution in [2.45, 2.75) is 0 Å². The first-order valence-electron chi connectivity index (χ1n) is 17.3. The molecule has 0 N–H and O–H groups in total. The summed E-state index contributed by atoms with van der Waals surface area (Å²) >= 11 is 1.73. The maximum Gasteiger partial charge on any atom is 0.277 e. The molecule has 1 heterocycles. The van der Waals surface area contributed by atoms with Gasteiger partial charge >= 0.3 is 0 Å². The van der Waals surface area contributed by atoms with Crippen molar-refractivity contribution in [1.82, 2.24) is 0 Å². The number of benzene rings is 6. The summed E-state index contributed by atoms with van der Waals surface area (Å²) in [5.74, 6) is 0. The second kappa shape index (κ2) is 12.7. The van der Waals surface area contributed by atoms with Gasteiger partial charge in [-0.1, -0.05) is 52.2 Å².